The summed E-state index contributed by atoms with van der Waals surface area (Å²) in [5.74, 6) is 0.745. The zero-order valence-electron chi connectivity index (χ0n) is 12.8. The van der Waals surface area contributed by atoms with E-state index in [1.54, 1.807) is 0 Å². The Hall–Kier alpha value is -0.810. The second kappa shape index (κ2) is 7.99. The summed E-state index contributed by atoms with van der Waals surface area (Å²) in [7, 11) is 0. The average molecular weight is 313 g/mol. The molecule has 1 aliphatic rings. The number of benzene rings is 1. The number of morpholine rings is 1. The average Bonchev–Trinajstić information content (AvgIpc) is 2.47. The lowest BCUT2D eigenvalue weighted by molar-refractivity contribution is -0.0565. The predicted molar refractivity (Wildman–Crippen MR) is 86.2 cm³/mol. The highest BCUT2D eigenvalue weighted by molar-refractivity contribution is 6.32. The van der Waals surface area contributed by atoms with Crippen LogP contribution in [0.5, 0.6) is 5.75 Å². The van der Waals surface area contributed by atoms with Crippen LogP contribution < -0.4 is 10.5 Å². The van der Waals surface area contributed by atoms with E-state index < -0.39 is 0 Å². The summed E-state index contributed by atoms with van der Waals surface area (Å²) >= 11 is 6.24. The summed E-state index contributed by atoms with van der Waals surface area (Å²) in [6.07, 6.45) is 0.850. The van der Waals surface area contributed by atoms with Gasteiger partial charge in [-0.05, 0) is 38.4 Å². The minimum atomic E-state index is 0.0862. The third-order valence-corrected chi connectivity index (χ3v) is 4.07. The highest BCUT2D eigenvalue weighted by atomic mass is 35.5. The second-order valence-electron chi connectivity index (χ2n) is 5.66. The number of hydrogen-bond acceptors (Lipinski definition) is 4. The molecule has 0 aliphatic carbocycles. The molecule has 1 fully saturated rings. The molecule has 1 aromatic rings. The molecule has 0 bridgehead atoms. The van der Waals surface area contributed by atoms with Crippen molar-refractivity contribution in [3.63, 3.8) is 0 Å². The largest absolute Gasteiger partial charge is 0.489 e. The molecule has 1 aromatic carbocycles. The molecule has 1 heterocycles. The Morgan fingerprint density at radius 3 is 3.00 bits per heavy atom. The number of ether oxygens (including phenoxy) is 2. The summed E-state index contributed by atoms with van der Waals surface area (Å²) in [5.41, 5.74) is 6.70. The van der Waals surface area contributed by atoms with E-state index >= 15 is 0 Å². The van der Waals surface area contributed by atoms with E-state index in [-0.39, 0.29) is 6.10 Å². The SMILES string of the molecule is CC(C)N1CCOC(COc2c(Cl)cccc2CCN)C1. The van der Waals surface area contributed by atoms with Gasteiger partial charge in [-0.15, -0.1) is 0 Å². The van der Waals surface area contributed by atoms with Crippen molar-refractivity contribution >= 4 is 11.6 Å². The molecule has 0 spiro atoms. The molecule has 2 N–H and O–H groups in total. The van der Waals surface area contributed by atoms with Gasteiger partial charge in [0.2, 0.25) is 0 Å². The van der Waals surface area contributed by atoms with Gasteiger partial charge in [0.05, 0.1) is 11.6 Å². The molecule has 0 aromatic heterocycles. The number of rotatable bonds is 6. The van der Waals surface area contributed by atoms with Gasteiger partial charge >= 0.3 is 0 Å². The van der Waals surface area contributed by atoms with Crippen molar-refractivity contribution in [3.05, 3.63) is 28.8 Å². The van der Waals surface area contributed by atoms with Crippen molar-refractivity contribution in [2.75, 3.05) is 32.8 Å². The van der Waals surface area contributed by atoms with E-state index in [1.165, 1.54) is 0 Å². The van der Waals surface area contributed by atoms with Gasteiger partial charge in [-0.3, -0.25) is 4.90 Å². The molecular formula is C16H25ClN2O2. The zero-order valence-corrected chi connectivity index (χ0v) is 13.6. The first-order valence-electron chi connectivity index (χ1n) is 7.57. The quantitative estimate of drug-likeness (QED) is 0.876. The van der Waals surface area contributed by atoms with E-state index in [0.29, 0.717) is 24.2 Å². The van der Waals surface area contributed by atoms with Crippen LogP contribution in [-0.4, -0.2) is 49.9 Å². The van der Waals surface area contributed by atoms with Crippen LogP contribution in [0.1, 0.15) is 19.4 Å². The maximum Gasteiger partial charge on any atom is 0.141 e. The molecule has 1 aliphatic heterocycles. The van der Waals surface area contributed by atoms with Gasteiger partial charge in [0.15, 0.2) is 0 Å². The van der Waals surface area contributed by atoms with Crippen molar-refractivity contribution in [2.24, 2.45) is 5.73 Å². The van der Waals surface area contributed by atoms with Crippen molar-refractivity contribution in [1.29, 1.82) is 0 Å². The van der Waals surface area contributed by atoms with Crippen LogP contribution in [-0.2, 0) is 11.2 Å². The van der Waals surface area contributed by atoms with Gasteiger partial charge in [0.25, 0.3) is 0 Å². The maximum absolute atomic E-state index is 6.24. The lowest BCUT2D eigenvalue weighted by atomic mass is 10.1. The summed E-state index contributed by atoms with van der Waals surface area (Å²) < 4.78 is 11.7. The fraction of sp³-hybridized carbons (Fsp3) is 0.625. The maximum atomic E-state index is 6.24. The summed E-state index contributed by atoms with van der Waals surface area (Å²) in [6, 6.07) is 6.32. The molecule has 0 amide bonds. The molecule has 1 atom stereocenters. The minimum absolute atomic E-state index is 0.0862. The highest BCUT2D eigenvalue weighted by Crippen LogP contribution is 2.29. The van der Waals surface area contributed by atoms with Crippen molar-refractivity contribution in [2.45, 2.75) is 32.4 Å². The van der Waals surface area contributed by atoms with Gasteiger partial charge in [0, 0.05) is 19.1 Å². The molecule has 1 unspecified atom stereocenters. The molecule has 2 rings (SSSR count). The highest BCUT2D eigenvalue weighted by Gasteiger charge is 2.23. The Bertz CT molecular complexity index is 454. The van der Waals surface area contributed by atoms with Gasteiger partial charge in [0.1, 0.15) is 18.5 Å². The summed E-state index contributed by atoms with van der Waals surface area (Å²) in [5, 5.41) is 0.637. The molecule has 4 nitrogen and oxygen atoms in total. The fourth-order valence-corrected chi connectivity index (χ4v) is 2.80. The van der Waals surface area contributed by atoms with E-state index in [0.717, 1.165) is 37.4 Å². The zero-order chi connectivity index (χ0) is 15.2. The molecule has 1 saturated heterocycles. The second-order valence-corrected chi connectivity index (χ2v) is 6.07. The molecule has 0 radical (unpaired) electrons. The molecule has 0 saturated carbocycles. The van der Waals surface area contributed by atoms with E-state index in [4.69, 9.17) is 26.8 Å². The Balaban J connectivity index is 1.96. The molecule has 5 heteroatoms. The molecule has 118 valence electrons. The van der Waals surface area contributed by atoms with Gasteiger partial charge in [-0.25, -0.2) is 0 Å². The molecular weight excluding hydrogens is 288 g/mol. The summed E-state index contributed by atoms with van der Waals surface area (Å²) in [4.78, 5) is 2.41. The van der Waals surface area contributed by atoms with Crippen LogP contribution in [0, 0.1) is 0 Å². The van der Waals surface area contributed by atoms with E-state index in [2.05, 4.69) is 18.7 Å². The van der Waals surface area contributed by atoms with Gasteiger partial charge < -0.3 is 15.2 Å². The Morgan fingerprint density at radius 2 is 2.29 bits per heavy atom. The first-order chi connectivity index (χ1) is 10.1. The molecule has 21 heavy (non-hydrogen) atoms. The predicted octanol–water partition coefficient (Wildman–Crippen LogP) is 2.33. The van der Waals surface area contributed by atoms with Crippen LogP contribution in [0.2, 0.25) is 5.02 Å². The first kappa shape index (κ1) is 16.6. The van der Waals surface area contributed by atoms with Crippen LogP contribution in [0.15, 0.2) is 18.2 Å². The third-order valence-electron chi connectivity index (χ3n) is 3.78. The number of para-hydroxylation sites is 1. The van der Waals surface area contributed by atoms with E-state index in [9.17, 15) is 0 Å². The first-order valence-corrected chi connectivity index (χ1v) is 7.95. The fourth-order valence-electron chi connectivity index (χ4n) is 2.56. The summed E-state index contributed by atoms with van der Waals surface area (Å²) in [6.45, 7) is 8.15. The van der Waals surface area contributed by atoms with Gasteiger partial charge in [-0.2, -0.15) is 0 Å². The Kier molecular flexibility index (Phi) is 6.30. The number of nitrogens with two attached hydrogens (primary N) is 1. The number of hydrogen-bond donors (Lipinski definition) is 1. The minimum Gasteiger partial charge on any atom is -0.489 e. The number of halogens is 1. The topological polar surface area (TPSA) is 47.7 Å². The van der Waals surface area contributed by atoms with Crippen LogP contribution in [0.3, 0.4) is 0 Å². The lowest BCUT2D eigenvalue weighted by Gasteiger charge is -2.35. The van der Waals surface area contributed by atoms with E-state index in [1.807, 2.05) is 18.2 Å². The van der Waals surface area contributed by atoms with Crippen molar-refractivity contribution in [3.8, 4) is 5.75 Å². The Morgan fingerprint density at radius 1 is 1.48 bits per heavy atom. The van der Waals surface area contributed by atoms with Crippen LogP contribution in [0.4, 0.5) is 0 Å². The van der Waals surface area contributed by atoms with Crippen LogP contribution >= 0.6 is 11.6 Å². The smallest absolute Gasteiger partial charge is 0.141 e. The number of nitrogens with zero attached hydrogens (tertiary/aromatic N) is 1. The van der Waals surface area contributed by atoms with Crippen molar-refractivity contribution < 1.29 is 9.47 Å². The monoisotopic (exact) mass is 312 g/mol. The van der Waals surface area contributed by atoms with Crippen LogP contribution in [0.25, 0.3) is 0 Å². The normalized spacial score (nSPS) is 20.0. The standard InChI is InChI=1S/C16H25ClN2O2/c1-12(2)19-8-9-20-14(10-19)11-21-16-13(6-7-18)4-3-5-15(16)17/h3-5,12,14H,6-11,18H2,1-2H3. The lowest BCUT2D eigenvalue weighted by Crippen LogP contribution is -2.47. The Labute approximate surface area is 132 Å². The van der Waals surface area contributed by atoms with Gasteiger partial charge in [-0.1, -0.05) is 23.7 Å². The third kappa shape index (κ3) is 4.58. The van der Waals surface area contributed by atoms with Crippen molar-refractivity contribution in [1.82, 2.24) is 4.90 Å².